The number of nitrogens with one attached hydrogen (secondary N) is 1. The normalized spacial score (nSPS) is 27.4. The minimum Gasteiger partial charge on any atom is -0.374 e. The van der Waals surface area contributed by atoms with Gasteiger partial charge >= 0.3 is 0 Å². The number of morpholine rings is 1. The summed E-state index contributed by atoms with van der Waals surface area (Å²) in [5, 5.41) is 3.37. The summed E-state index contributed by atoms with van der Waals surface area (Å²) in [5.41, 5.74) is 2.74. The molecule has 1 aliphatic heterocycles. The Kier molecular flexibility index (Phi) is 4.34. The molecule has 0 aromatic heterocycles. The fourth-order valence-corrected chi connectivity index (χ4v) is 3.89. The summed E-state index contributed by atoms with van der Waals surface area (Å²) >= 11 is 3.60. The third-order valence-corrected chi connectivity index (χ3v) is 5.17. The summed E-state index contributed by atoms with van der Waals surface area (Å²) in [6.45, 7) is 4.08. The van der Waals surface area contributed by atoms with E-state index >= 15 is 0 Å². The Morgan fingerprint density at radius 3 is 3.05 bits per heavy atom. The molecule has 1 saturated carbocycles. The molecule has 3 unspecified atom stereocenters. The summed E-state index contributed by atoms with van der Waals surface area (Å²) < 4.78 is 7.09. The Morgan fingerprint density at radius 2 is 2.25 bits per heavy atom. The Labute approximate surface area is 129 Å². The maximum atomic E-state index is 5.94. The highest BCUT2D eigenvalue weighted by Crippen LogP contribution is 2.37. The Bertz CT molecular complexity index is 480. The number of hydrogen-bond donors (Lipinski definition) is 1. The standard InChI is InChI=1S/C16H23BrN2O/c1-11(18-2)13-10-12(17)6-7-14(13)19-8-9-20-16-5-3-4-15(16)19/h6-7,10-11,15-16,18H,3-5,8-9H2,1-2H3. The fraction of sp³-hybridized carbons (Fsp3) is 0.625. The second-order valence-electron chi connectivity index (χ2n) is 5.81. The van der Waals surface area contributed by atoms with E-state index in [1.807, 2.05) is 7.05 Å². The van der Waals surface area contributed by atoms with Gasteiger partial charge in [0.1, 0.15) is 0 Å². The highest BCUT2D eigenvalue weighted by molar-refractivity contribution is 9.10. The van der Waals surface area contributed by atoms with Gasteiger partial charge in [0.05, 0.1) is 18.8 Å². The molecule has 0 radical (unpaired) electrons. The zero-order chi connectivity index (χ0) is 14.1. The number of hydrogen-bond acceptors (Lipinski definition) is 3. The molecule has 1 N–H and O–H groups in total. The van der Waals surface area contributed by atoms with Crippen molar-refractivity contribution in [3.05, 3.63) is 28.2 Å². The van der Waals surface area contributed by atoms with Gasteiger partial charge in [-0.05, 0) is 57.0 Å². The first-order valence-corrected chi connectivity index (χ1v) is 8.35. The number of anilines is 1. The monoisotopic (exact) mass is 338 g/mol. The van der Waals surface area contributed by atoms with Crippen LogP contribution in [-0.2, 0) is 4.74 Å². The number of fused-ring (bicyclic) bond motifs is 1. The molecule has 3 rings (SSSR count). The lowest BCUT2D eigenvalue weighted by atomic mass is 10.0. The average Bonchev–Trinajstić information content (AvgIpc) is 2.95. The largest absolute Gasteiger partial charge is 0.374 e. The predicted octanol–water partition coefficient (Wildman–Crippen LogP) is 3.49. The van der Waals surface area contributed by atoms with Gasteiger partial charge in [-0.25, -0.2) is 0 Å². The lowest BCUT2D eigenvalue weighted by Gasteiger charge is -2.41. The zero-order valence-electron chi connectivity index (χ0n) is 12.2. The Hall–Kier alpha value is -0.580. The lowest BCUT2D eigenvalue weighted by molar-refractivity contribution is 0.0255. The smallest absolute Gasteiger partial charge is 0.0779 e. The van der Waals surface area contributed by atoms with E-state index < -0.39 is 0 Å². The van der Waals surface area contributed by atoms with Gasteiger partial charge < -0.3 is 15.0 Å². The van der Waals surface area contributed by atoms with Gasteiger partial charge in [0.2, 0.25) is 0 Å². The van der Waals surface area contributed by atoms with E-state index in [1.54, 1.807) is 0 Å². The van der Waals surface area contributed by atoms with Crippen LogP contribution in [0, 0.1) is 0 Å². The maximum Gasteiger partial charge on any atom is 0.0779 e. The topological polar surface area (TPSA) is 24.5 Å². The third kappa shape index (κ3) is 2.61. The molecule has 0 amide bonds. The molecule has 1 aromatic rings. The van der Waals surface area contributed by atoms with Crippen molar-refractivity contribution < 1.29 is 4.74 Å². The SMILES string of the molecule is CNC(C)c1cc(Br)ccc1N1CCOC2CCCC21. The van der Waals surface area contributed by atoms with Gasteiger partial charge in [0.25, 0.3) is 0 Å². The van der Waals surface area contributed by atoms with Gasteiger partial charge in [-0.2, -0.15) is 0 Å². The average molecular weight is 339 g/mol. The molecule has 2 aliphatic rings. The van der Waals surface area contributed by atoms with Crippen LogP contribution in [0.2, 0.25) is 0 Å². The van der Waals surface area contributed by atoms with Crippen LogP contribution < -0.4 is 10.2 Å². The number of benzene rings is 1. The van der Waals surface area contributed by atoms with Crippen molar-refractivity contribution in [2.45, 2.75) is 44.4 Å². The molecule has 110 valence electrons. The molecule has 3 atom stereocenters. The molecular weight excluding hydrogens is 316 g/mol. The molecule has 0 bridgehead atoms. The molecule has 20 heavy (non-hydrogen) atoms. The van der Waals surface area contributed by atoms with Crippen molar-refractivity contribution in [1.82, 2.24) is 5.32 Å². The highest BCUT2D eigenvalue weighted by Gasteiger charge is 2.37. The van der Waals surface area contributed by atoms with Crippen LogP contribution in [0.1, 0.15) is 37.8 Å². The van der Waals surface area contributed by atoms with Gasteiger partial charge in [-0.3, -0.25) is 0 Å². The van der Waals surface area contributed by atoms with Crippen molar-refractivity contribution in [2.24, 2.45) is 0 Å². The first-order chi connectivity index (χ1) is 9.70. The molecule has 1 saturated heterocycles. The fourth-order valence-electron chi connectivity index (χ4n) is 3.51. The highest BCUT2D eigenvalue weighted by atomic mass is 79.9. The quantitative estimate of drug-likeness (QED) is 0.912. The van der Waals surface area contributed by atoms with Crippen LogP contribution >= 0.6 is 15.9 Å². The van der Waals surface area contributed by atoms with E-state index in [0.717, 1.165) is 17.6 Å². The van der Waals surface area contributed by atoms with Gasteiger partial charge in [0.15, 0.2) is 0 Å². The van der Waals surface area contributed by atoms with E-state index in [2.05, 4.69) is 51.3 Å². The summed E-state index contributed by atoms with van der Waals surface area (Å²) in [4.78, 5) is 2.58. The summed E-state index contributed by atoms with van der Waals surface area (Å²) in [6, 6.07) is 7.57. The van der Waals surface area contributed by atoms with Gasteiger partial charge in [-0.1, -0.05) is 15.9 Å². The maximum absolute atomic E-state index is 5.94. The van der Waals surface area contributed by atoms with Crippen LogP contribution in [0.3, 0.4) is 0 Å². The Morgan fingerprint density at radius 1 is 1.40 bits per heavy atom. The summed E-state index contributed by atoms with van der Waals surface area (Å²) in [6.07, 6.45) is 4.20. The molecule has 0 spiro atoms. The van der Waals surface area contributed by atoms with Crippen LogP contribution in [0.5, 0.6) is 0 Å². The molecular formula is C16H23BrN2O. The van der Waals surface area contributed by atoms with Crippen LogP contribution in [0.15, 0.2) is 22.7 Å². The van der Waals surface area contributed by atoms with Crippen molar-refractivity contribution in [1.29, 1.82) is 0 Å². The van der Waals surface area contributed by atoms with Crippen molar-refractivity contribution in [3.8, 4) is 0 Å². The molecule has 4 heteroatoms. The second-order valence-corrected chi connectivity index (χ2v) is 6.73. The van der Waals surface area contributed by atoms with Gasteiger partial charge in [0, 0.05) is 22.7 Å². The lowest BCUT2D eigenvalue weighted by Crippen LogP contribution is -2.49. The minimum atomic E-state index is 0.352. The number of ether oxygens (including phenoxy) is 1. The first-order valence-electron chi connectivity index (χ1n) is 7.55. The van der Waals surface area contributed by atoms with E-state index in [9.17, 15) is 0 Å². The van der Waals surface area contributed by atoms with Crippen LogP contribution in [-0.4, -0.2) is 32.3 Å². The van der Waals surface area contributed by atoms with Crippen molar-refractivity contribution in [2.75, 3.05) is 25.1 Å². The van der Waals surface area contributed by atoms with Crippen molar-refractivity contribution >= 4 is 21.6 Å². The van der Waals surface area contributed by atoms with Gasteiger partial charge in [-0.15, -0.1) is 0 Å². The minimum absolute atomic E-state index is 0.352. The molecule has 3 nitrogen and oxygen atoms in total. The number of nitrogens with zero attached hydrogens (tertiary/aromatic N) is 1. The molecule has 1 aliphatic carbocycles. The Balaban J connectivity index is 1.96. The predicted molar refractivity (Wildman–Crippen MR) is 86.3 cm³/mol. The van der Waals surface area contributed by atoms with E-state index in [4.69, 9.17) is 4.74 Å². The zero-order valence-corrected chi connectivity index (χ0v) is 13.8. The van der Waals surface area contributed by atoms with Crippen LogP contribution in [0.4, 0.5) is 5.69 Å². The molecule has 1 heterocycles. The van der Waals surface area contributed by atoms with E-state index in [0.29, 0.717) is 18.2 Å². The van der Waals surface area contributed by atoms with E-state index in [1.165, 1.54) is 30.5 Å². The second kappa shape index (κ2) is 6.04. The third-order valence-electron chi connectivity index (χ3n) is 4.68. The molecule has 1 aromatic carbocycles. The number of rotatable bonds is 3. The molecule has 2 fully saturated rings. The van der Waals surface area contributed by atoms with Crippen molar-refractivity contribution in [3.63, 3.8) is 0 Å². The summed E-state index contributed by atoms with van der Waals surface area (Å²) in [5.74, 6) is 0. The number of halogens is 1. The first kappa shape index (κ1) is 14.4. The van der Waals surface area contributed by atoms with E-state index in [-0.39, 0.29) is 0 Å². The summed E-state index contributed by atoms with van der Waals surface area (Å²) in [7, 11) is 2.02. The van der Waals surface area contributed by atoms with Crippen LogP contribution in [0.25, 0.3) is 0 Å².